The van der Waals surface area contributed by atoms with E-state index < -0.39 is 0 Å². The molecule has 2 nitrogen and oxygen atoms in total. The maximum absolute atomic E-state index is 13.7. The maximum atomic E-state index is 13.7. The van der Waals surface area contributed by atoms with Gasteiger partial charge in [0.05, 0.1) is 7.11 Å². The third-order valence-electron chi connectivity index (χ3n) is 4.25. The average Bonchev–Trinajstić information content (AvgIpc) is 2.41. The van der Waals surface area contributed by atoms with Crippen molar-refractivity contribution in [1.29, 1.82) is 0 Å². The van der Waals surface area contributed by atoms with Crippen molar-refractivity contribution in [2.24, 2.45) is 5.92 Å². The molecule has 0 spiro atoms. The Morgan fingerprint density at radius 1 is 1.32 bits per heavy atom. The van der Waals surface area contributed by atoms with Crippen LogP contribution in [0.5, 0.6) is 5.75 Å². The van der Waals surface area contributed by atoms with Crippen LogP contribution in [0.3, 0.4) is 0 Å². The molecule has 106 valence electrons. The zero-order valence-corrected chi connectivity index (χ0v) is 12.1. The number of halogens is 1. The molecule has 2 rings (SSSR count). The van der Waals surface area contributed by atoms with Crippen LogP contribution in [-0.2, 0) is 0 Å². The summed E-state index contributed by atoms with van der Waals surface area (Å²) in [6, 6.07) is 5.93. The van der Waals surface area contributed by atoms with Crippen molar-refractivity contribution in [3.63, 3.8) is 0 Å². The Labute approximate surface area is 115 Å². The summed E-state index contributed by atoms with van der Waals surface area (Å²) < 4.78 is 18.7. The monoisotopic (exact) mass is 265 g/mol. The lowest BCUT2D eigenvalue weighted by atomic mass is 9.85. The van der Waals surface area contributed by atoms with Crippen LogP contribution in [0.15, 0.2) is 18.2 Å². The lowest BCUT2D eigenvalue weighted by Crippen LogP contribution is -2.38. The minimum atomic E-state index is -0.287. The fourth-order valence-corrected chi connectivity index (χ4v) is 2.93. The van der Waals surface area contributed by atoms with Gasteiger partial charge >= 0.3 is 0 Å². The van der Waals surface area contributed by atoms with Crippen LogP contribution in [0, 0.1) is 11.7 Å². The van der Waals surface area contributed by atoms with Crippen LogP contribution < -0.4 is 10.1 Å². The van der Waals surface area contributed by atoms with Gasteiger partial charge in [0.2, 0.25) is 0 Å². The number of rotatable bonds is 4. The first-order valence-electron chi connectivity index (χ1n) is 7.21. The third-order valence-corrected chi connectivity index (χ3v) is 4.25. The van der Waals surface area contributed by atoms with Gasteiger partial charge in [0.15, 0.2) is 11.6 Å². The number of methoxy groups -OCH3 is 1. The molecule has 1 fully saturated rings. The first-order valence-corrected chi connectivity index (χ1v) is 7.21. The maximum Gasteiger partial charge on any atom is 0.165 e. The Kier molecular flexibility index (Phi) is 4.81. The van der Waals surface area contributed by atoms with Crippen molar-refractivity contribution < 1.29 is 9.13 Å². The zero-order valence-electron chi connectivity index (χ0n) is 12.1. The first-order chi connectivity index (χ1) is 9.11. The molecule has 0 radical (unpaired) electrons. The molecule has 0 amide bonds. The highest BCUT2D eigenvalue weighted by atomic mass is 19.1. The van der Waals surface area contributed by atoms with Crippen molar-refractivity contribution in [3.8, 4) is 5.75 Å². The highest BCUT2D eigenvalue weighted by Gasteiger charge is 2.23. The Bertz CT molecular complexity index is 421. The van der Waals surface area contributed by atoms with Crippen LogP contribution in [0.2, 0.25) is 0 Å². The average molecular weight is 265 g/mol. The number of benzene rings is 1. The molecule has 1 aliphatic rings. The molecule has 0 aromatic heterocycles. The minimum absolute atomic E-state index is 0.172. The largest absolute Gasteiger partial charge is 0.494 e. The van der Waals surface area contributed by atoms with E-state index in [4.69, 9.17) is 4.74 Å². The SMILES string of the molecule is COc1ccc(C(C)NC2CCCCC2C)cc1F. The number of ether oxygens (including phenoxy) is 1. The van der Waals surface area contributed by atoms with Gasteiger partial charge in [-0.25, -0.2) is 4.39 Å². The van der Waals surface area contributed by atoms with Gasteiger partial charge in [-0.05, 0) is 43.4 Å². The first kappa shape index (κ1) is 14.3. The molecule has 0 aliphatic heterocycles. The van der Waals surface area contributed by atoms with Crippen molar-refractivity contribution in [3.05, 3.63) is 29.6 Å². The highest BCUT2D eigenvalue weighted by Crippen LogP contribution is 2.27. The van der Waals surface area contributed by atoms with E-state index in [1.807, 2.05) is 6.07 Å². The fourth-order valence-electron chi connectivity index (χ4n) is 2.93. The highest BCUT2D eigenvalue weighted by molar-refractivity contribution is 5.30. The Morgan fingerprint density at radius 2 is 2.05 bits per heavy atom. The predicted octanol–water partition coefficient (Wildman–Crippen LogP) is 4.06. The number of hydrogen-bond donors (Lipinski definition) is 1. The van der Waals surface area contributed by atoms with E-state index in [-0.39, 0.29) is 11.9 Å². The van der Waals surface area contributed by atoms with Gasteiger partial charge in [0.25, 0.3) is 0 Å². The summed E-state index contributed by atoms with van der Waals surface area (Å²) in [6.07, 6.45) is 5.15. The Morgan fingerprint density at radius 3 is 2.68 bits per heavy atom. The fraction of sp³-hybridized carbons (Fsp3) is 0.625. The zero-order chi connectivity index (χ0) is 13.8. The topological polar surface area (TPSA) is 21.3 Å². The number of nitrogens with one attached hydrogen (secondary N) is 1. The molecule has 3 unspecified atom stereocenters. The molecule has 0 saturated heterocycles. The standard InChI is InChI=1S/C16H24FNO/c1-11-6-4-5-7-15(11)18-12(2)13-8-9-16(19-3)14(17)10-13/h8-12,15,18H,4-7H2,1-3H3. The molecule has 1 N–H and O–H groups in total. The molecule has 1 aromatic carbocycles. The van der Waals surface area contributed by atoms with Crippen molar-refractivity contribution in [2.75, 3.05) is 7.11 Å². The van der Waals surface area contributed by atoms with E-state index in [1.54, 1.807) is 12.1 Å². The van der Waals surface area contributed by atoms with E-state index in [0.717, 1.165) is 5.56 Å². The lowest BCUT2D eigenvalue weighted by Gasteiger charge is -2.32. The van der Waals surface area contributed by atoms with Crippen LogP contribution in [0.25, 0.3) is 0 Å². The van der Waals surface area contributed by atoms with E-state index in [2.05, 4.69) is 19.2 Å². The normalized spacial score (nSPS) is 25.1. The second-order valence-electron chi connectivity index (χ2n) is 5.65. The van der Waals surface area contributed by atoms with E-state index in [9.17, 15) is 4.39 Å². The quantitative estimate of drug-likeness (QED) is 0.886. The van der Waals surface area contributed by atoms with Crippen molar-refractivity contribution in [2.45, 2.75) is 51.6 Å². The molecule has 0 bridgehead atoms. The molecule has 0 heterocycles. The van der Waals surface area contributed by atoms with Crippen molar-refractivity contribution in [1.82, 2.24) is 5.32 Å². The molecule has 1 saturated carbocycles. The second kappa shape index (κ2) is 6.38. The van der Waals surface area contributed by atoms with Gasteiger partial charge in [0, 0.05) is 12.1 Å². The molecule has 3 atom stereocenters. The summed E-state index contributed by atoms with van der Waals surface area (Å²) in [7, 11) is 1.49. The molecular weight excluding hydrogens is 241 g/mol. The summed E-state index contributed by atoms with van der Waals surface area (Å²) in [5, 5.41) is 3.64. The van der Waals surface area contributed by atoms with Gasteiger partial charge in [-0.3, -0.25) is 0 Å². The van der Waals surface area contributed by atoms with Gasteiger partial charge in [0.1, 0.15) is 0 Å². The predicted molar refractivity (Wildman–Crippen MR) is 75.9 cm³/mol. The third kappa shape index (κ3) is 3.47. The van der Waals surface area contributed by atoms with E-state index >= 15 is 0 Å². The van der Waals surface area contributed by atoms with E-state index in [1.165, 1.54) is 32.8 Å². The summed E-state index contributed by atoms with van der Waals surface area (Å²) in [6.45, 7) is 4.40. The molecule has 19 heavy (non-hydrogen) atoms. The van der Waals surface area contributed by atoms with Crippen LogP contribution in [0.1, 0.15) is 51.1 Å². The smallest absolute Gasteiger partial charge is 0.165 e. The van der Waals surface area contributed by atoms with Gasteiger partial charge in [-0.2, -0.15) is 0 Å². The van der Waals surface area contributed by atoms with Crippen LogP contribution in [0.4, 0.5) is 4.39 Å². The van der Waals surface area contributed by atoms with Gasteiger partial charge in [-0.15, -0.1) is 0 Å². The summed E-state index contributed by atoms with van der Waals surface area (Å²) in [5.74, 6) is 0.728. The molecule has 1 aliphatic carbocycles. The van der Waals surface area contributed by atoms with Gasteiger partial charge < -0.3 is 10.1 Å². The van der Waals surface area contributed by atoms with Crippen LogP contribution in [-0.4, -0.2) is 13.2 Å². The van der Waals surface area contributed by atoms with Gasteiger partial charge in [-0.1, -0.05) is 25.8 Å². The van der Waals surface area contributed by atoms with Crippen molar-refractivity contribution >= 4 is 0 Å². The summed E-state index contributed by atoms with van der Waals surface area (Å²) in [4.78, 5) is 0. The van der Waals surface area contributed by atoms with Crippen LogP contribution >= 0.6 is 0 Å². The second-order valence-corrected chi connectivity index (χ2v) is 5.65. The summed E-state index contributed by atoms with van der Waals surface area (Å²) in [5.41, 5.74) is 0.982. The molecular formula is C16H24FNO. The Balaban J connectivity index is 2.02. The lowest BCUT2D eigenvalue weighted by molar-refractivity contribution is 0.263. The Hall–Kier alpha value is -1.09. The number of hydrogen-bond acceptors (Lipinski definition) is 2. The summed E-state index contributed by atoms with van der Waals surface area (Å²) >= 11 is 0. The van der Waals surface area contributed by atoms with E-state index in [0.29, 0.717) is 17.7 Å². The molecule has 3 heteroatoms. The molecule has 1 aromatic rings. The minimum Gasteiger partial charge on any atom is -0.494 e.